The van der Waals surface area contributed by atoms with Gasteiger partial charge in [0.15, 0.2) is 51.8 Å². The molecular formula is C93H101Cl2F9N8O21. The second kappa shape index (κ2) is 46.7. The van der Waals surface area contributed by atoms with Gasteiger partial charge in [-0.25, -0.2) is 34.5 Å². The number of aromatic nitrogens is 5. The first-order valence-electron chi connectivity index (χ1n) is 40.5. The number of nitrogens with zero attached hydrogens (tertiary/aromatic N) is 5. The number of hydrogen-bond acceptors (Lipinski definition) is 27. The van der Waals surface area contributed by atoms with Gasteiger partial charge in [0.2, 0.25) is 28.6 Å². The Balaban J connectivity index is 0.000000273. The van der Waals surface area contributed by atoms with Crippen LogP contribution in [0.5, 0.6) is 46.3 Å². The average molecular weight is 1910 g/mol. The molecule has 0 aliphatic carbocycles. The summed E-state index contributed by atoms with van der Waals surface area (Å²) in [4.78, 5) is 84.4. The number of hydrogen-bond donors (Lipinski definition) is 10. The molecule has 0 aliphatic heterocycles. The summed E-state index contributed by atoms with van der Waals surface area (Å²) in [5.41, 5.74) is -7.77. The summed E-state index contributed by atoms with van der Waals surface area (Å²) in [5, 5.41) is 75.3. The molecule has 40 heteroatoms. The molecule has 3 atom stereocenters. The molecule has 3 unspecified atom stereocenters. The Morgan fingerprint density at radius 1 is 0.414 bits per heavy atom. The van der Waals surface area contributed by atoms with Crippen molar-refractivity contribution in [3.63, 3.8) is 0 Å². The van der Waals surface area contributed by atoms with E-state index in [9.17, 15) is 83.9 Å². The van der Waals surface area contributed by atoms with Crippen LogP contribution in [0.3, 0.4) is 0 Å². The highest BCUT2D eigenvalue weighted by molar-refractivity contribution is 6.29. The van der Waals surface area contributed by atoms with E-state index in [-0.39, 0.29) is 150 Å². The van der Waals surface area contributed by atoms with Crippen LogP contribution < -0.4 is 49.5 Å². The van der Waals surface area contributed by atoms with Gasteiger partial charge in [-0.1, -0.05) is 72.3 Å². The summed E-state index contributed by atoms with van der Waals surface area (Å²) < 4.78 is 178. The Kier molecular flexibility index (Phi) is 37.8. The number of pyridine rings is 5. The molecule has 0 radical (unpaired) electrons. The van der Waals surface area contributed by atoms with Crippen LogP contribution in [-0.4, -0.2) is 177 Å². The fraction of sp³-hybridized carbons (Fsp3) is 0.355. The second-order valence-corrected chi connectivity index (χ2v) is 31.7. The number of phenolic OH excluding ortho intramolecular Hbond substituents is 1. The highest BCUT2D eigenvalue weighted by Crippen LogP contribution is 2.48. The summed E-state index contributed by atoms with van der Waals surface area (Å²) in [6.07, 6.45) is -20.0. The SMILES string of the molecule is COc1cc(C(=O)CCC(O)(c2cc(C(C)(C)NC(=O)OCc3ccccc3)cc(Cl)n2)C(F)(F)F)ccc1OCCO.COc1ccc(-c2cc(C(C)(C)N)cc(C(O)(CCC(=O)c3ccc(OCCO)c(OC)c3)C(F)(F)F)n2)cn1.COc1ccc(-c2cc(C(C)(C)NC(=O)OCc3ccccc3)cc(C(O)(CCC(=O)c3ccc(OCCO)c(O)c3)C(F)(F)F)n2)cn1.Cl. The van der Waals surface area contributed by atoms with Crippen molar-refractivity contribution < 1.29 is 142 Å². The quantitative estimate of drug-likeness (QED) is 0.00971. The van der Waals surface area contributed by atoms with Crippen molar-refractivity contribution in [3.05, 3.63) is 255 Å². The van der Waals surface area contributed by atoms with Crippen LogP contribution in [0, 0.1) is 0 Å². The number of aliphatic hydroxyl groups is 6. The summed E-state index contributed by atoms with van der Waals surface area (Å²) in [6.45, 7) is 8.27. The van der Waals surface area contributed by atoms with Crippen molar-refractivity contribution in [1.29, 1.82) is 0 Å². The van der Waals surface area contributed by atoms with E-state index in [2.05, 4.69) is 35.6 Å². The van der Waals surface area contributed by atoms with Crippen LogP contribution in [-0.2, 0) is 56.1 Å². The molecule has 716 valence electrons. The molecule has 10 aromatic rings. The normalized spacial score (nSPS) is 13.0. The van der Waals surface area contributed by atoms with Crippen molar-refractivity contribution in [1.82, 2.24) is 35.6 Å². The van der Waals surface area contributed by atoms with Gasteiger partial charge in [0.25, 0.3) is 0 Å². The molecule has 0 saturated carbocycles. The fourth-order valence-electron chi connectivity index (χ4n) is 12.8. The van der Waals surface area contributed by atoms with Crippen LogP contribution in [0.1, 0.15) is 156 Å². The highest BCUT2D eigenvalue weighted by atomic mass is 35.5. The standard InChI is InChI=1S/C35H36F3N3O8.C30H32ClF3N2O7.C28H32F3N3O6.ClH/c1-33(2,41-32(45)49-21-22-7-5-4-6-8-22)25-18-26(24-10-12-31(47-3)39-20-24)40-30(19-25)34(46,35(36,37)38)14-13-27(43)23-9-11-29(28(44)17-23)48-16-15-42;1-28(2,36-27(39)43-18-19-7-5-4-6-8-19)21-16-25(35-26(31)17-21)29(40,30(32,33)34)12-11-22(38)20-9-10-23(42-14-13-37)24(15-20)41-3;1-26(2,32)19-14-20(18-6-8-25(39-4)33-16-18)34-24(15-19)27(37,28(29,30)31)10-9-21(36)17-5-7-22(40-12-11-35)23(13-17)38-3;/h4-12,17-20,42,44,46H,13-16,21H2,1-3H3,(H,41,45);4-10,15-17,37,40H,11-14,18H2,1-3H3,(H,36,39);5-8,13-16,35,37H,9-12,32H2,1-4H3;1H. The zero-order chi connectivity index (χ0) is 97.4. The maximum Gasteiger partial charge on any atom is 0.422 e. The first kappa shape index (κ1) is 108. The third kappa shape index (κ3) is 28.7. The molecule has 11 N–H and O–H groups in total. The third-order valence-electron chi connectivity index (χ3n) is 20.5. The predicted octanol–water partition coefficient (Wildman–Crippen LogP) is 16.1. The van der Waals surface area contributed by atoms with Gasteiger partial charge in [-0.2, -0.15) is 39.5 Å². The zero-order valence-corrected chi connectivity index (χ0v) is 75.2. The second-order valence-electron chi connectivity index (χ2n) is 31.3. The Morgan fingerprint density at radius 2 is 0.752 bits per heavy atom. The van der Waals surface area contributed by atoms with E-state index < -0.39 is 143 Å². The molecule has 0 bridgehead atoms. The third-order valence-corrected chi connectivity index (χ3v) is 20.7. The van der Waals surface area contributed by atoms with Gasteiger partial charge < -0.3 is 94.7 Å². The van der Waals surface area contributed by atoms with Gasteiger partial charge in [0, 0.05) is 77.1 Å². The van der Waals surface area contributed by atoms with E-state index in [0.717, 1.165) is 35.4 Å². The minimum atomic E-state index is -5.30. The molecule has 0 fully saturated rings. The van der Waals surface area contributed by atoms with Crippen molar-refractivity contribution in [3.8, 4) is 68.8 Å². The number of rotatable bonds is 39. The van der Waals surface area contributed by atoms with Crippen LogP contribution >= 0.6 is 24.0 Å². The lowest BCUT2D eigenvalue weighted by Gasteiger charge is -2.33. The van der Waals surface area contributed by atoms with Crippen molar-refractivity contribution >= 4 is 53.5 Å². The Labute approximate surface area is 770 Å². The summed E-state index contributed by atoms with van der Waals surface area (Å²) in [6, 6.07) is 42.9. The van der Waals surface area contributed by atoms with E-state index in [1.54, 1.807) is 94.4 Å². The van der Waals surface area contributed by atoms with Gasteiger partial charge in [-0.3, -0.25) is 14.4 Å². The molecule has 5 aromatic heterocycles. The summed E-state index contributed by atoms with van der Waals surface area (Å²) in [7, 11) is 5.48. The topological polar surface area (TPSA) is 425 Å². The number of ether oxygens (including phenoxy) is 9. The number of carbonyl (C=O) groups is 5. The lowest BCUT2D eigenvalue weighted by atomic mass is 9.86. The van der Waals surface area contributed by atoms with Gasteiger partial charge >= 0.3 is 30.7 Å². The molecular weight excluding hydrogens is 1810 g/mol. The number of nitrogens with one attached hydrogen (secondary N) is 2. The maximum atomic E-state index is 14.8. The van der Waals surface area contributed by atoms with Crippen molar-refractivity contribution in [2.45, 2.75) is 145 Å². The Bertz CT molecular complexity index is 5580. The van der Waals surface area contributed by atoms with E-state index in [1.165, 1.54) is 140 Å². The monoisotopic (exact) mass is 1910 g/mol. The number of benzene rings is 5. The molecule has 29 nitrogen and oxygen atoms in total. The fourth-order valence-corrected chi connectivity index (χ4v) is 13.0. The summed E-state index contributed by atoms with van der Waals surface area (Å²) in [5.74, 6) is -1.31. The number of carbonyl (C=O) groups excluding carboxylic acids is 5. The number of methoxy groups -OCH3 is 4. The Morgan fingerprint density at radius 3 is 1.08 bits per heavy atom. The number of halogens is 11. The number of aliphatic hydroxyl groups excluding tert-OH is 3. The van der Waals surface area contributed by atoms with E-state index in [4.69, 9.17) is 75.3 Å². The molecule has 0 spiro atoms. The molecule has 5 aromatic carbocycles. The minimum absolute atomic E-state index is 0. The number of amides is 2. The van der Waals surface area contributed by atoms with Gasteiger partial charge in [-0.15, -0.1) is 12.4 Å². The minimum Gasteiger partial charge on any atom is -0.504 e. The van der Waals surface area contributed by atoms with Gasteiger partial charge in [0.05, 0.1) is 87.8 Å². The number of aromatic hydroxyl groups is 1. The largest absolute Gasteiger partial charge is 0.504 e. The smallest absolute Gasteiger partial charge is 0.422 e. The molecule has 10 rings (SSSR count). The molecule has 0 aliphatic rings. The molecule has 2 amide bonds. The van der Waals surface area contributed by atoms with Crippen LogP contribution in [0.15, 0.2) is 188 Å². The number of Topliss-reactive ketones (excluding diaryl/α,β-unsaturated/α-hetero) is 3. The molecule has 0 saturated heterocycles. The Hall–Kier alpha value is -12.5. The average Bonchev–Trinajstić information content (AvgIpc) is 0.752. The van der Waals surface area contributed by atoms with Crippen LogP contribution in [0.2, 0.25) is 5.15 Å². The molecule has 5 heterocycles. The number of phenols is 1. The van der Waals surface area contributed by atoms with Crippen LogP contribution in [0.25, 0.3) is 22.5 Å². The number of alkyl carbamates (subject to hydrolysis) is 2. The predicted molar refractivity (Wildman–Crippen MR) is 470 cm³/mol. The first-order valence-corrected chi connectivity index (χ1v) is 40.9. The number of nitrogens with two attached hydrogens (primary N) is 1. The maximum absolute atomic E-state index is 14.8. The number of ketones is 3. The van der Waals surface area contributed by atoms with Crippen molar-refractivity contribution in [2.75, 3.05) is 68.1 Å². The zero-order valence-electron chi connectivity index (χ0n) is 73.6. The highest BCUT2D eigenvalue weighted by Gasteiger charge is 2.59. The van der Waals surface area contributed by atoms with Crippen molar-refractivity contribution in [2.24, 2.45) is 5.73 Å². The van der Waals surface area contributed by atoms with E-state index in [1.807, 2.05) is 0 Å². The lowest BCUT2D eigenvalue weighted by Crippen LogP contribution is -2.45. The lowest BCUT2D eigenvalue weighted by molar-refractivity contribution is -0.270. The number of alkyl halides is 9. The van der Waals surface area contributed by atoms with Gasteiger partial charge in [-0.05, 0) is 192 Å². The summed E-state index contributed by atoms with van der Waals surface area (Å²) >= 11 is 6.09. The van der Waals surface area contributed by atoms with E-state index >= 15 is 0 Å². The van der Waals surface area contributed by atoms with E-state index in [0.29, 0.717) is 17.0 Å². The molecule has 133 heavy (non-hydrogen) atoms. The van der Waals surface area contributed by atoms with Gasteiger partial charge in [0.1, 0.15) is 38.2 Å². The van der Waals surface area contributed by atoms with Crippen LogP contribution in [0.4, 0.5) is 49.1 Å². The first-order chi connectivity index (χ1) is 62.1.